The molecule has 3 heteroatoms. The zero-order valence-electron chi connectivity index (χ0n) is 11.0. The molecule has 98 valence electrons. The summed E-state index contributed by atoms with van der Waals surface area (Å²) in [6.07, 6.45) is 1.83. The van der Waals surface area contributed by atoms with Crippen LogP contribution in [0.1, 0.15) is 18.1 Å². The van der Waals surface area contributed by atoms with Crippen LogP contribution in [0, 0.1) is 0 Å². The fraction of sp³-hybridized carbons (Fsp3) is 0.312. The van der Waals surface area contributed by atoms with Crippen LogP contribution in [0.25, 0.3) is 10.8 Å². The minimum absolute atomic E-state index is 0.0220. The van der Waals surface area contributed by atoms with E-state index in [1.807, 2.05) is 0 Å². The van der Waals surface area contributed by atoms with Crippen LogP contribution < -0.4 is 10.1 Å². The predicted octanol–water partition coefficient (Wildman–Crippen LogP) is 2.45. The first-order chi connectivity index (χ1) is 9.25. The molecule has 1 heterocycles. The van der Waals surface area contributed by atoms with Gasteiger partial charge in [0.05, 0.1) is 6.61 Å². The molecule has 2 aromatic rings. The van der Waals surface area contributed by atoms with E-state index >= 15 is 0 Å². The lowest BCUT2D eigenvalue weighted by molar-refractivity contribution is -0.118. The summed E-state index contributed by atoms with van der Waals surface area (Å²) >= 11 is 0. The van der Waals surface area contributed by atoms with E-state index in [0.29, 0.717) is 6.54 Å². The van der Waals surface area contributed by atoms with Crippen LogP contribution in [-0.4, -0.2) is 19.1 Å². The maximum absolute atomic E-state index is 11.0. The summed E-state index contributed by atoms with van der Waals surface area (Å²) in [7, 11) is 0. The third-order valence-electron chi connectivity index (χ3n) is 3.57. The second-order valence-electron chi connectivity index (χ2n) is 4.89. The largest absolute Gasteiger partial charge is 0.493 e. The Kier molecular flexibility index (Phi) is 3.11. The Morgan fingerprint density at radius 3 is 3.05 bits per heavy atom. The zero-order valence-corrected chi connectivity index (χ0v) is 11.0. The van der Waals surface area contributed by atoms with E-state index in [4.69, 9.17) is 4.74 Å². The van der Waals surface area contributed by atoms with Gasteiger partial charge in [-0.15, -0.1) is 0 Å². The summed E-state index contributed by atoms with van der Waals surface area (Å²) in [5.41, 5.74) is 2.60. The van der Waals surface area contributed by atoms with Gasteiger partial charge in [0.1, 0.15) is 5.75 Å². The Hall–Kier alpha value is -2.03. The number of rotatable bonds is 3. The number of amides is 1. The third kappa shape index (κ3) is 2.28. The van der Waals surface area contributed by atoms with Gasteiger partial charge in [-0.05, 0) is 28.8 Å². The summed E-state index contributed by atoms with van der Waals surface area (Å²) in [4.78, 5) is 11.0. The van der Waals surface area contributed by atoms with Crippen LogP contribution in [0.3, 0.4) is 0 Å². The number of carbonyl (C=O) groups excluding carboxylic acids is 1. The molecule has 1 N–H and O–H groups in total. The quantitative estimate of drug-likeness (QED) is 0.915. The van der Waals surface area contributed by atoms with Crippen LogP contribution >= 0.6 is 0 Å². The van der Waals surface area contributed by atoms with Crippen molar-refractivity contribution in [3.05, 3.63) is 41.5 Å². The smallest absolute Gasteiger partial charge is 0.216 e. The fourth-order valence-corrected chi connectivity index (χ4v) is 2.74. The van der Waals surface area contributed by atoms with Crippen molar-refractivity contribution < 1.29 is 9.53 Å². The number of carbonyl (C=O) groups is 1. The number of nitrogens with one attached hydrogen (secondary N) is 1. The number of hydrogen-bond donors (Lipinski definition) is 1. The van der Waals surface area contributed by atoms with Gasteiger partial charge in [0.25, 0.3) is 0 Å². The maximum Gasteiger partial charge on any atom is 0.216 e. The highest BCUT2D eigenvalue weighted by Crippen LogP contribution is 2.34. The van der Waals surface area contributed by atoms with Crippen LogP contribution in [0.5, 0.6) is 5.75 Å². The molecule has 0 aliphatic carbocycles. The van der Waals surface area contributed by atoms with Crippen LogP contribution in [0.15, 0.2) is 30.3 Å². The van der Waals surface area contributed by atoms with E-state index in [-0.39, 0.29) is 5.91 Å². The molecule has 19 heavy (non-hydrogen) atoms. The van der Waals surface area contributed by atoms with Crippen molar-refractivity contribution in [2.24, 2.45) is 0 Å². The molecule has 3 nitrogen and oxygen atoms in total. The highest BCUT2D eigenvalue weighted by molar-refractivity contribution is 5.91. The van der Waals surface area contributed by atoms with Gasteiger partial charge in [-0.2, -0.15) is 0 Å². The van der Waals surface area contributed by atoms with Crippen molar-refractivity contribution in [2.45, 2.75) is 19.8 Å². The summed E-state index contributed by atoms with van der Waals surface area (Å²) in [5, 5.41) is 5.42. The van der Waals surface area contributed by atoms with Gasteiger partial charge >= 0.3 is 0 Å². The zero-order chi connectivity index (χ0) is 13.2. The molecule has 0 aromatic heterocycles. The third-order valence-corrected chi connectivity index (χ3v) is 3.57. The highest BCUT2D eigenvalue weighted by Gasteiger charge is 2.16. The second kappa shape index (κ2) is 4.92. The predicted molar refractivity (Wildman–Crippen MR) is 75.5 cm³/mol. The maximum atomic E-state index is 11.0. The molecular weight excluding hydrogens is 238 g/mol. The van der Waals surface area contributed by atoms with E-state index in [9.17, 15) is 4.79 Å². The van der Waals surface area contributed by atoms with Crippen LogP contribution in [-0.2, 0) is 17.6 Å². The Bertz CT molecular complexity index is 634. The molecule has 2 aromatic carbocycles. The van der Waals surface area contributed by atoms with Crippen molar-refractivity contribution in [1.29, 1.82) is 0 Å². The fourth-order valence-electron chi connectivity index (χ4n) is 2.74. The van der Waals surface area contributed by atoms with Crippen molar-refractivity contribution in [2.75, 3.05) is 13.2 Å². The van der Waals surface area contributed by atoms with Crippen LogP contribution in [0.2, 0.25) is 0 Å². The lowest BCUT2D eigenvalue weighted by atomic mass is 9.96. The van der Waals surface area contributed by atoms with Gasteiger partial charge in [0.2, 0.25) is 5.91 Å². The van der Waals surface area contributed by atoms with Crippen molar-refractivity contribution >= 4 is 16.7 Å². The van der Waals surface area contributed by atoms with Gasteiger partial charge in [-0.3, -0.25) is 4.79 Å². The standard InChI is InChI=1S/C16H17NO2/c1-11(18)17-9-7-13-4-2-3-12-5-6-15-14(16(12)13)8-10-19-15/h2-6H,7-10H2,1H3,(H,17,18). The summed E-state index contributed by atoms with van der Waals surface area (Å²) in [6.45, 7) is 3.00. The molecule has 0 fully saturated rings. The Morgan fingerprint density at radius 2 is 2.21 bits per heavy atom. The molecular formula is C16H17NO2. The Balaban J connectivity index is 1.99. The van der Waals surface area contributed by atoms with Crippen molar-refractivity contribution in [3.8, 4) is 5.75 Å². The molecule has 0 spiro atoms. The Labute approximate surface area is 112 Å². The van der Waals surface area contributed by atoms with E-state index in [0.717, 1.165) is 25.2 Å². The molecule has 0 unspecified atom stereocenters. The van der Waals surface area contributed by atoms with Gasteiger partial charge in [0.15, 0.2) is 0 Å². The average Bonchev–Trinajstić information content (AvgIpc) is 2.86. The van der Waals surface area contributed by atoms with Gasteiger partial charge < -0.3 is 10.1 Å². The molecule has 0 atom stereocenters. The average molecular weight is 255 g/mol. The molecule has 0 bridgehead atoms. The number of fused-ring (bicyclic) bond motifs is 3. The molecule has 0 saturated heterocycles. The Morgan fingerprint density at radius 1 is 1.32 bits per heavy atom. The molecule has 0 radical (unpaired) electrons. The number of benzene rings is 2. The van der Waals surface area contributed by atoms with Gasteiger partial charge in [-0.25, -0.2) is 0 Å². The summed E-state index contributed by atoms with van der Waals surface area (Å²) < 4.78 is 5.63. The molecule has 1 amide bonds. The molecule has 0 saturated carbocycles. The van der Waals surface area contributed by atoms with Crippen molar-refractivity contribution in [3.63, 3.8) is 0 Å². The van der Waals surface area contributed by atoms with E-state index in [1.54, 1.807) is 6.92 Å². The van der Waals surface area contributed by atoms with Gasteiger partial charge in [-0.1, -0.05) is 24.3 Å². The molecule has 1 aliphatic rings. The minimum atomic E-state index is 0.0220. The first-order valence-corrected chi connectivity index (χ1v) is 6.66. The highest BCUT2D eigenvalue weighted by atomic mass is 16.5. The number of hydrogen-bond acceptors (Lipinski definition) is 2. The van der Waals surface area contributed by atoms with E-state index in [1.165, 1.54) is 21.9 Å². The lowest BCUT2D eigenvalue weighted by Gasteiger charge is -2.10. The SMILES string of the molecule is CC(=O)NCCc1cccc2ccc3c(c12)CCO3. The molecule has 3 rings (SSSR count). The minimum Gasteiger partial charge on any atom is -0.493 e. The second-order valence-corrected chi connectivity index (χ2v) is 4.89. The van der Waals surface area contributed by atoms with E-state index < -0.39 is 0 Å². The topological polar surface area (TPSA) is 38.3 Å². The van der Waals surface area contributed by atoms with E-state index in [2.05, 4.69) is 35.6 Å². The van der Waals surface area contributed by atoms with Crippen molar-refractivity contribution in [1.82, 2.24) is 5.32 Å². The van der Waals surface area contributed by atoms with Crippen LogP contribution in [0.4, 0.5) is 0 Å². The van der Waals surface area contributed by atoms with Gasteiger partial charge in [0, 0.05) is 25.5 Å². The summed E-state index contributed by atoms with van der Waals surface area (Å²) in [6, 6.07) is 10.5. The normalized spacial score (nSPS) is 13.1. The first kappa shape index (κ1) is 12.0. The monoisotopic (exact) mass is 255 g/mol. The summed E-state index contributed by atoms with van der Waals surface area (Å²) in [5.74, 6) is 1.04. The lowest BCUT2D eigenvalue weighted by Crippen LogP contribution is -2.22. The number of ether oxygens (including phenoxy) is 1. The molecule has 1 aliphatic heterocycles. The first-order valence-electron chi connectivity index (χ1n) is 6.66.